The van der Waals surface area contributed by atoms with Gasteiger partial charge in [-0.2, -0.15) is 4.68 Å². The standard InChI is InChI=1S/C15H14F3N5O2/c16-15(17,18)25-11-4-1-3-10(9-11)23-14-12(21-22-23)5-6-13(20-14)19-7-2-8-24/h1,3-6,9,24H,2,7-8H2,(H,19,20). The van der Waals surface area contributed by atoms with Crippen molar-refractivity contribution in [2.24, 2.45) is 0 Å². The van der Waals surface area contributed by atoms with E-state index in [1.165, 1.54) is 22.9 Å². The molecule has 2 aromatic heterocycles. The first-order valence-electron chi connectivity index (χ1n) is 7.40. The lowest BCUT2D eigenvalue weighted by Crippen LogP contribution is -2.17. The molecule has 3 aromatic rings. The van der Waals surface area contributed by atoms with E-state index < -0.39 is 6.36 Å². The van der Waals surface area contributed by atoms with Crippen LogP contribution in [0, 0.1) is 0 Å². The Morgan fingerprint density at radius 3 is 2.80 bits per heavy atom. The van der Waals surface area contributed by atoms with Crippen molar-refractivity contribution in [2.75, 3.05) is 18.5 Å². The van der Waals surface area contributed by atoms with Gasteiger partial charge in [-0.05, 0) is 30.7 Å². The molecular weight excluding hydrogens is 339 g/mol. The van der Waals surface area contributed by atoms with E-state index in [0.717, 1.165) is 0 Å². The average Bonchev–Trinajstić information content (AvgIpc) is 2.97. The van der Waals surface area contributed by atoms with E-state index in [0.29, 0.717) is 35.6 Å². The Labute approximate surface area is 140 Å². The molecule has 3 rings (SSSR count). The van der Waals surface area contributed by atoms with Crippen molar-refractivity contribution in [1.29, 1.82) is 0 Å². The summed E-state index contributed by atoms with van der Waals surface area (Å²) < 4.78 is 42.4. The first kappa shape index (κ1) is 17.0. The number of alkyl halides is 3. The van der Waals surface area contributed by atoms with Crippen molar-refractivity contribution in [3.8, 4) is 11.4 Å². The summed E-state index contributed by atoms with van der Waals surface area (Å²) in [5.41, 5.74) is 1.22. The summed E-state index contributed by atoms with van der Waals surface area (Å²) in [6.45, 7) is 0.589. The third-order valence-corrected chi connectivity index (χ3v) is 3.23. The van der Waals surface area contributed by atoms with Crippen LogP contribution in [-0.2, 0) is 0 Å². The summed E-state index contributed by atoms with van der Waals surface area (Å²) in [4.78, 5) is 4.37. The molecule has 0 amide bonds. The molecule has 0 bridgehead atoms. The molecule has 25 heavy (non-hydrogen) atoms. The zero-order valence-corrected chi connectivity index (χ0v) is 12.9. The molecule has 0 aliphatic carbocycles. The van der Waals surface area contributed by atoms with Crippen LogP contribution in [0.25, 0.3) is 16.9 Å². The molecule has 0 aliphatic rings. The minimum absolute atomic E-state index is 0.0563. The quantitative estimate of drug-likeness (QED) is 0.663. The Balaban J connectivity index is 1.92. The van der Waals surface area contributed by atoms with Crippen LogP contribution in [0.5, 0.6) is 5.75 Å². The first-order chi connectivity index (χ1) is 12.0. The van der Waals surface area contributed by atoms with Crippen LogP contribution in [0.2, 0.25) is 0 Å². The molecule has 0 saturated heterocycles. The highest BCUT2D eigenvalue weighted by molar-refractivity contribution is 5.74. The van der Waals surface area contributed by atoms with Crippen molar-refractivity contribution in [1.82, 2.24) is 20.0 Å². The van der Waals surface area contributed by atoms with E-state index in [-0.39, 0.29) is 12.4 Å². The highest BCUT2D eigenvalue weighted by Crippen LogP contribution is 2.25. The summed E-state index contributed by atoms with van der Waals surface area (Å²) in [6.07, 6.45) is -4.21. The lowest BCUT2D eigenvalue weighted by Gasteiger charge is -2.10. The molecule has 1 aromatic carbocycles. The molecule has 0 unspecified atom stereocenters. The van der Waals surface area contributed by atoms with Gasteiger partial charge in [0.2, 0.25) is 0 Å². The van der Waals surface area contributed by atoms with Crippen LogP contribution >= 0.6 is 0 Å². The van der Waals surface area contributed by atoms with Crippen molar-refractivity contribution >= 4 is 17.0 Å². The van der Waals surface area contributed by atoms with Crippen LogP contribution in [0.15, 0.2) is 36.4 Å². The number of nitrogens with zero attached hydrogens (tertiary/aromatic N) is 4. The highest BCUT2D eigenvalue weighted by atomic mass is 19.4. The zero-order chi connectivity index (χ0) is 17.9. The van der Waals surface area contributed by atoms with Crippen LogP contribution in [0.1, 0.15) is 6.42 Å². The van der Waals surface area contributed by atoms with Gasteiger partial charge in [0.25, 0.3) is 0 Å². The summed E-state index contributed by atoms with van der Waals surface area (Å²) in [5.74, 6) is 0.193. The molecule has 132 valence electrons. The average molecular weight is 353 g/mol. The lowest BCUT2D eigenvalue weighted by atomic mass is 10.3. The predicted molar refractivity (Wildman–Crippen MR) is 83.5 cm³/mol. The number of aliphatic hydroxyl groups is 1. The molecule has 0 aliphatic heterocycles. The molecule has 0 fully saturated rings. The third kappa shape index (κ3) is 4.15. The van der Waals surface area contributed by atoms with Crippen LogP contribution < -0.4 is 10.1 Å². The largest absolute Gasteiger partial charge is 0.573 e. The van der Waals surface area contributed by atoms with Gasteiger partial charge in [0.05, 0.1) is 5.69 Å². The molecule has 10 heteroatoms. The van der Waals surface area contributed by atoms with E-state index in [4.69, 9.17) is 5.11 Å². The number of aromatic nitrogens is 4. The van der Waals surface area contributed by atoms with Gasteiger partial charge in [-0.15, -0.1) is 18.3 Å². The van der Waals surface area contributed by atoms with E-state index in [9.17, 15) is 13.2 Å². The maximum absolute atomic E-state index is 12.4. The van der Waals surface area contributed by atoms with Gasteiger partial charge in [0.1, 0.15) is 17.1 Å². The van der Waals surface area contributed by atoms with E-state index >= 15 is 0 Å². The van der Waals surface area contributed by atoms with E-state index in [2.05, 4.69) is 25.3 Å². The maximum atomic E-state index is 12.4. The normalized spacial score (nSPS) is 11.7. The van der Waals surface area contributed by atoms with E-state index in [1.54, 1.807) is 18.2 Å². The lowest BCUT2D eigenvalue weighted by molar-refractivity contribution is -0.274. The number of ether oxygens (including phenoxy) is 1. The van der Waals surface area contributed by atoms with Gasteiger partial charge in [-0.3, -0.25) is 0 Å². The molecule has 2 N–H and O–H groups in total. The number of hydrogen-bond acceptors (Lipinski definition) is 6. The van der Waals surface area contributed by atoms with Crippen LogP contribution in [0.4, 0.5) is 19.0 Å². The second-order valence-electron chi connectivity index (χ2n) is 5.09. The zero-order valence-electron chi connectivity index (χ0n) is 12.9. The number of pyridine rings is 1. The monoisotopic (exact) mass is 353 g/mol. The smallest absolute Gasteiger partial charge is 0.406 e. The minimum Gasteiger partial charge on any atom is -0.406 e. The Kier molecular flexibility index (Phi) is 4.70. The number of nitrogens with one attached hydrogen (secondary N) is 1. The summed E-state index contributed by atoms with van der Waals surface area (Å²) >= 11 is 0. The predicted octanol–water partition coefficient (Wildman–Crippen LogP) is 2.51. The molecule has 0 spiro atoms. The van der Waals surface area contributed by atoms with Crippen molar-refractivity contribution in [3.63, 3.8) is 0 Å². The fourth-order valence-electron chi connectivity index (χ4n) is 2.19. The molecule has 0 saturated carbocycles. The maximum Gasteiger partial charge on any atom is 0.573 e. The first-order valence-corrected chi connectivity index (χ1v) is 7.40. The molecule has 0 atom stereocenters. The SMILES string of the molecule is OCCCNc1ccc2nnn(-c3cccc(OC(F)(F)F)c3)c2n1. The third-order valence-electron chi connectivity index (χ3n) is 3.23. The number of anilines is 1. The minimum atomic E-state index is -4.77. The Hall–Kier alpha value is -2.88. The fraction of sp³-hybridized carbons (Fsp3) is 0.267. The summed E-state index contributed by atoms with van der Waals surface area (Å²) in [6, 6.07) is 8.81. The van der Waals surface area contributed by atoms with Gasteiger partial charge in [0.15, 0.2) is 5.65 Å². The fourth-order valence-corrected chi connectivity index (χ4v) is 2.19. The van der Waals surface area contributed by atoms with Gasteiger partial charge in [-0.1, -0.05) is 11.3 Å². The van der Waals surface area contributed by atoms with Gasteiger partial charge < -0.3 is 15.2 Å². The summed E-state index contributed by atoms with van der Waals surface area (Å²) in [5, 5.41) is 19.7. The van der Waals surface area contributed by atoms with Gasteiger partial charge >= 0.3 is 6.36 Å². The van der Waals surface area contributed by atoms with Gasteiger partial charge in [0, 0.05) is 19.2 Å². The van der Waals surface area contributed by atoms with Crippen molar-refractivity contribution in [2.45, 2.75) is 12.8 Å². The summed E-state index contributed by atoms with van der Waals surface area (Å²) in [7, 11) is 0. The Bertz CT molecular complexity index is 866. The molecule has 7 nitrogen and oxygen atoms in total. The second kappa shape index (κ2) is 6.93. The van der Waals surface area contributed by atoms with Crippen LogP contribution in [0.3, 0.4) is 0 Å². The second-order valence-corrected chi connectivity index (χ2v) is 5.09. The van der Waals surface area contributed by atoms with Crippen molar-refractivity contribution < 1.29 is 23.0 Å². The number of rotatable bonds is 6. The highest BCUT2D eigenvalue weighted by Gasteiger charge is 2.31. The molecule has 2 heterocycles. The number of aliphatic hydroxyl groups excluding tert-OH is 1. The topological polar surface area (TPSA) is 85.1 Å². The Morgan fingerprint density at radius 1 is 1.20 bits per heavy atom. The van der Waals surface area contributed by atoms with Crippen molar-refractivity contribution in [3.05, 3.63) is 36.4 Å². The number of halogens is 3. The van der Waals surface area contributed by atoms with E-state index in [1.807, 2.05) is 0 Å². The number of benzene rings is 1. The van der Waals surface area contributed by atoms with Crippen LogP contribution in [-0.4, -0.2) is 44.6 Å². The molecule has 0 radical (unpaired) electrons. The Morgan fingerprint density at radius 2 is 2.04 bits per heavy atom. The molecular formula is C15H14F3N5O2. The van der Waals surface area contributed by atoms with Gasteiger partial charge in [-0.25, -0.2) is 4.98 Å². The number of fused-ring (bicyclic) bond motifs is 1. The number of hydrogen-bond donors (Lipinski definition) is 2.